The molecule has 0 saturated heterocycles. The van der Waals surface area contributed by atoms with Gasteiger partial charge in [0.05, 0.1) is 21.3 Å². The van der Waals surface area contributed by atoms with Crippen molar-refractivity contribution in [1.29, 1.82) is 0 Å². The summed E-state index contributed by atoms with van der Waals surface area (Å²) in [4.78, 5) is 23.3. The Morgan fingerprint density at radius 1 is 0.586 bits per heavy atom. The summed E-state index contributed by atoms with van der Waals surface area (Å²) in [5.41, 5.74) is 24.5. The van der Waals surface area contributed by atoms with Crippen LogP contribution in [0.25, 0.3) is 29.4 Å². The zero-order valence-corrected chi connectivity index (χ0v) is 34.6. The lowest BCUT2D eigenvalue weighted by atomic mass is 9.86. The molecular formula is C51H60N2O5. The van der Waals surface area contributed by atoms with Crippen LogP contribution in [0.1, 0.15) is 129 Å². The summed E-state index contributed by atoms with van der Waals surface area (Å²) in [6, 6.07) is 26.9. The Balaban J connectivity index is 0.000000203. The lowest BCUT2D eigenvalue weighted by Crippen LogP contribution is -2.16. The smallest absolute Gasteiger partial charge is 0.218 e. The van der Waals surface area contributed by atoms with Gasteiger partial charge in [-0.3, -0.25) is 9.59 Å². The van der Waals surface area contributed by atoms with Crippen molar-refractivity contribution in [1.82, 2.24) is 0 Å². The summed E-state index contributed by atoms with van der Waals surface area (Å²) in [7, 11) is 5.09. The molecular weight excluding hydrogens is 721 g/mol. The molecule has 0 heterocycles. The zero-order valence-electron chi connectivity index (χ0n) is 34.6. The van der Waals surface area contributed by atoms with Gasteiger partial charge in [0.15, 0.2) is 0 Å². The van der Waals surface area contributed by atoms with Crippen molar-refractivity contribution >= 4 is 30.0 Å². The third-order valence-corrected chi connectivity index (χ3v) is 11.7. The standard InChI is InChI=1S/C29H35NO3.C22H25NO2/c1-32-27-13-11-22(17-24(27)15-20-7-3-4-8-20)26(19-29(30)31)23-12-14-28(33-2)25(18-23)16-21-9-5-6-10-21;1-25-20-12-9-18(10-13-20)22-17(11-14-21(23)24)7-4-8-19(22)15-16-5-2-3-6-16/h11-18,26H,3-10,19H2,1-2H3,(H2,30,31);4,7-10,12-13,15H,2-3,5-6,11,14H2,1H3,(H2,23,24). The predicted octanol–water partition coefficient (Wildman–Crippen LogP) is 11.4. The molecule has 0 radical (unpaired) electrons. The fourth-order valence-corrected chi connectivity index (χ4v) is 8.69. The molecule has 7 nitrogen and oxygen atoms in total. The fourth-order valence-electron chi connectivity index (χ4n) is 8.69. The van der Waals surface area contributed by atoms with Crippen molar-refractivity contribution in [3.05, 3.63) is 129 Å². The molecule has 0 bridgehead atoms. The van der Waals surface area contributed by atoms with Crippen molar-refractivity contribution in [3.8, 4) is 28.4 Å². The highest BCUT2D eigenvalue weighted by Gasteiger charge is 2.21. The maximum absolute atomic E-state index is 12.1. The van der Waals surface area contributed by atoms with Crippen LogP contribution in [0.3, 0.4) is 0 Å². The van der Waals surface area contributed by atoms with Gasteiger partial charge in [-0.25, -0.2) is 0 Å². The monoisotopic (exact) mass is 780 g/mol. The maximum atomic E-state index is 12.1. The first kappa shape index (κ1) is 42.1. The molecule has 304 valence electrons. The van der Waals surface area contributed by atoms with Crippen molar-refractivity contribution < 1.29 is 23.8 Å². The van der Waals surface area contributed by atoms with Gasteiger partial charge in [0.1, 0.15) is 17.2 Å². The van der Waals surface area contributed by atoms with Crippen LogP contribution in [0, 0.1) is 0 Å². The van der Waals surface area contributed by atoms with E-state index < -0.39 is 0 Å². The topological polar surface area (TPSA) is 114 Å². The highest BCUT2D eigenvalue weighted by Crippen LogP contribution is 2.38. The molecule has 0 unspecified atom stereocenters. The molecule has 3 saturated carbocycles. The number of rotatable bonds is 14. The zero-order chi connectivity index (χ0) is 40.9. The van der Waals surface area contributed by atoms with Crippen LogP contribution in [-0.4, -0.2) is 33.1 Å². The Hall–Kier alpha value is -5.56. The third kappa shape index (κ3) is 11.3. The Bertz CT molecular complexity index is 2040. The quantitative estimate of drug-likeness (QED) is 0.132. The largest absolute Gasteiger partial charge is 0.497 e. The Labute approximate surface area is 345 Å². The van der Waals surface area contributed by atoms with Crippen LogP contribution < -0.4 is 25.7 Å². The molecule has 4 N–H and O–H groups in total. The van der Waals surface area contributed by atoms with Crippen molar-refractivity contribution in [2.45, 2.75) is 102 Å². The van der Waals surface area contributed by atoms with Crippen LogP contribution in [0.15, 0.2) is 95.6 Å². The predicted molar refractivity (Wildman–Crippen MR) is 237 cm³/mol. The molecule has 0 aliphatic heterocycles. The summed E-state index contributed by atoms with van der Waals surface area (Å²) >= 11 is 0. The number of carbonyl (C=O) groups excluding carboxylic acids is 2. The van der Waals surface area contributed by atoms with E-state index in [0.29, 0.717) is 12.8 Å². The van der Waals surface area contributed by atoms with E-state index in [9.17, 15) is 9.59 Å². The molecule has 2 amide bonds. The first-order valence-electron chi connectivity index (χ1n) is 21.0. The number of methoxy groups -OCH3 is 3. The molecule has 4 aromatic carbocycles. The van der Waals surface area contributed by atoms with Gasteiger partial charge in [-0.1, -0.05) is 77.4 Å². The number of hydrogen-bond donors (Lipinski definition) is 2. The van der Waals surface area contributed by atoms with Gasteiger partial charge < -0.3 is 25.7 Å². The van der Waals surface area contributed by atoms with Gasteiger partial charge >= 0.3 is 0 Å². The van der Waals surface area contributed by atoms with Crippen LogP contribution in [0.4, 0.5) is 0 Å². The van der Waals surface area contributed by atoms with E-state index >= 15 is 0 Å². The van der Waals surface area contributed by atoms with Crippen molar-refractivity contribution in [3.63, 3.8) is 0 Å². The van der Waals surface area contributed by atoms with Gasteiger partial charge in [0.2, 0.25) is 11.8 Å². The molecule has 3 fully saturated rings. The third-order valence-electron chi connectivity index (χ3n) is 11.7. The Morgan fingerprint density at radius 2 is 1.07 bits per heavy atom. The van der Waals surface area contributed by atoms with E-state index in [1.54, 1.807) is 21.3 Å². The Kier molecular flexibility index (Phi) is 15.0. The molecule has 3 aliphatic rings. The van der Waals surface area contributed by atoms with Crippen molar-refractivity contribution in [2.24, 2.45) is 11.5 Å². The number of hydrogen-bond acceptors (Lipinski definition) is 5. The SMILES string of the molecule is COc1ccc(-c2c(C=C3CCCC3)cccc2CCC(N)=O)cc1.COc1ccc(C(CC(N)=O)c2ccc(OC)c(C=C3CCCC3)c2)cc1C=C1CCCC1. The minimum Gasteiger partial charge on any atom is -0.497 e. The van der Waals surface area contributed by atoms with Crippen LogP contribution >= 0.6 is 0 Å². The molecule has 58 heavy (non-hydrogen) atoms. The summed E-state index contributed by atoms with van der Waals surface area (Å²) in [5, 5.41) is 0. The van der Waals surface area contributed by atoms with E-state index in [1.807, 2.05) is 24.3 Å². The van der Waals surface area contributed by atoms with E-state index in [2.05, 4.69) is 72.8 Å². The van der Waals surface area contributed by atoms with Gasteiger partial charge in [-0.15, -0.1) is 0 Å². The molecule has 0 aromatic heterocycles. The average Bonchev–Trinajstić information content (AvgIpc) is 4.06. The molecule has 0 atom stereocenters. The van der Waals surface area contributed by atoms with Crippen molar-refractivity contribution in [2.75, 3.05) is 21.3 Å². The summed E-state index contributed by atoms with van der Waals surface area (Å²) in [5.74, 6) is 1.86. The van der Waals surface area contributed by atoms with Gasteiger partial charge in [0.25, 0.3) is 0 Å². The van der Waals surface area contributed by atoms with E-state index in [1.165, 1.54) is 79.2 Å². The van der Waals surface area contributed by atoms with E-state index in [4.69, 9.17) is 25.7 Å². The molecule has 3 aliphatic carbocycles. The number of benzene rings is 4. The first-order valence-corrected chi connectivity index (χ1v) is 21.0. The molecule has 7 rings (SSSR count). The number of primary amides is 2. The second kappa shape index (κ2) is 20.7. The Morgan fingerprint density at radius 3 is 1.50 bits per heavy atom. The summed E-state index contributed by atoms with van der Waals surface area (Å²) < 4.78 is 16.6. The van der Waals surface area contributed by atoms with Gasteiger partial charge in [-0.05, 0) is 153 Å². The number of carbonyl (C=O) groups is 2. The highest BCUT2D eigenvalue weighted by atomic mass is 16.5. The summed E-state index contributed by atoms with van der Waals surface area (Å²) in [6.45, 7) is 0. The number of amides is 2. The minimum atomic E-state index is -0.307. The molecule has 0 spiro atoms. The van der Waals surface area contributed by atoms with E-state index in [0.717, 1.165) is 76.3 Å². The maximum Gasteiger partial charge on any atom is 0.218 e. The normalized spacial score (nSPS) is 14.9. The van der Waals surface area contributed by atoms with Crippen LogP contribution in [0.2, 0.25) is 0 Å². The highest BCUT2D eigenvalue weighted by molar-refractivity contribution is 5.81. The lowest BCUT2D eigenvalue weighted by molar-refractivity contribution is -0.118. The number of nitrogens with two attached hydrogens (primary N) is 2. The molecule has 7 heteroatoms. The average molecular weight is 781 g/mol. The van der Waals surface area contributed by atoms with Gasteiger partial charge in [0, 0.05) is 29.9 Å². The van der Waals surface area contributed by atoms with Gasteiger partial charge in [-0.2, -0.15) is 0 Å². The second-order valence-corrected chi connectivity index (χ2v) is 15.8. The number of aryl methyl sites for hydroxylation is 1. The summed E-state index contributed by atoms with van der Waals surface area (Å²) in [6.07, 6.45) is 22.7. The van der Waals surface area contributed by atoms with E-state index in [-0.39, 0.29) is 24.2 Å². The van der Waals surface area contributed by atoms with Crippen LogP contribution in [-0.2, 0) is 16.0 Å². The fraction of sp³-hybridized carbons (Fsp3) is 0.373. The number of ether oxygens (including phenoxy) is 3. The van der Waals surface area contributed by atoms with Crippen LogP contribution in [0.5, 0.6) is 17.2 Å². The minimum absolute atomic E-state index is 0.124. The number of allylic oxidation sites excluding steroid dienone is 3. The molecule has 4 aromatic rings. The second-order valence-electron chi connectivity index (χ2n) is 15.8. The first-order chi connectivity index (χ1) is 28.2. The lowest BCUT2D eigenvalue weighted by Gasteiger charge is -2.20.